The molecule has 19 heavy (non-hydrogen) atoms. The SMILES string of the molecule is O=C(O)c1ccnc(NC2CCCCCCC2)c1Cl. The van der Waals surface area contributed by atoms with Gasteiger partial charge in [-0.1, -0.05) is 43.7 Å². The van der Waals surface area contributed by atoms with Crippen molar-refractivity contribution in [3.63, 3.8) is 0 Å². The van der Waals surface area contributed by atoms with Crippen LogP contribution in [0.3, 0.4) is 0 Å². The summed E-state index contributed by atoms with van der Waals surface area (Å²) in [6.45, 7) is 0. The Kier molecular flexibility index (Phi) is 5.02. The van der Waals surface area contributed by atoms with Crippen LogP contribution in [0.2, 0.25) is 5.02 Å². The average Bonchev–Trinajstić information content (AvgIpc) is 2.34. The summed E-state index contributed by atoms with van der Waals surface area (Å²) >= 11 is 6.09. The van der Waals surface area contributed by atoms with Crippen molar-refractivity contribution in [2.45, 2.75) is 51.0 Å². The maximum Gasteiger partial charge on any atom is 0.337 e. The number of pyridine rings is 1. The number of aromatic carboxylic acids is 1. The molecule has 1 fully saturated rings. The van der Waals surface area contributed by atoms with Crippen LogP contribution < -0.4 is 5.32 Å². The number of rotatable bonds is 3. The number of carbonyl (C=O) groups is 1. The first kappa shape index (κ1) is 14.1. The third kappa shape index (κ3) is 3.83. The molecule has 1 aliphatic rings. The molecule has 1 heterocycles. The second-order valence-corrected chi connectivity index (χ2v) is 5.39. The van der Waals surface area contributed by atoms with E-state index in [2.05, 4.69) is 10.3 Å². The zero-order chi connectivity index (χ0) is 13.7. The fourth-order valence-corrected chi connectivity index (χ4v) is 2.75. The summed E-state index contributed by atoms with van der Waals surface area (Å²) in [6.07, 6.45) is 9.94. The number of anilines is 1. The second kappa shape index (κ2) is 6.75. The molecule has 5 heteroatoms. The summed E-state index contributed by atoms with van der Waals surface area (Å²) in [7, 11) is 0. The summed E-state index contributed by atoms with van der Waals surface area (Å²) < 4.78 is 0. The van der Waals surface area contributed by atoms with Crippen molar-refractivity contribution in [1.82, 2.24) is 4.98 Å². The molecule has 0 bridgehead atoms. The van der Waals surface area contributed by atoms with Crippen molar-refractivity contribution in [2.75, 3.05) is 5.32 Å². The Hall–Kier alpha value is -1.29. The number of carboxylic acid groups (broad SMARTS) is 1. The van der Waals surface area contributed by atoms with Crippen molar-refractivity contribution in [3.05, 3.63) is 22.8 Å². The molecule has 0 aliphatic heterocycles. The summed E-state index contributed by atoms with van der Waals surface area (Å²) in [5.74, 6) is -0.528. The largest absolute Gasteiger partial charge is 0.478 e. The lowest BCUT2D eigenvalue weighted by Crippen LogP contribution is -2.21. The fourth-order valence-electron chi connectivity index (χ4n) is 2.50. The van der Waals surface area contributed by atoms with E-state index in [4.69, 9.17) is 16.7 Å². The van der Waals surface area contributed by atoms with Crippen LogP contribution in [0.1, 0.15) is 55.3 Å². The highest BCUT2D eigenvalue weighted by Gasteiger charge is 2.17. The minimum Gasteiger partial charge on any atom is -0.478 e. The van der Waals surface area contributed by atoms with Crippen LogP contribution >= 0.6 is 11.6 Å². The quantitative estimate of drug-likeness (QED) is 0.881. The molecule has 1 aromatic rings. The van der Waals surface area contributed by atoms with Gasteiger partial charge in [-0.3, -0.25) is 0 Å². The van der Waals surface area contributed by atoms with Gasteiger partial charge in [-0.25, -0.2) is 9.78 Å². The second-order valence-electron chi connectivity index (χ2n) is 5.01. The Morgan fingerprint density at radius 3 is 2.53 bits per heavy atom. The van der Waals surface area contributed by atoms with Gasteiger partial charge >= 0.3 is 5.97 Å². The predicted octanol–water partition coefficient (Wildman–Crippen LogP) is 3.96. The number of nitrogens with one attached hydrogen (secondary N) is 1. The minimum absolute atomic E-state index is 0.102. The third-order valence-electron chi connectivity index (χ3n) is 3.57. The van der Waals surface area contributed by atoms with Crippen LogP contribution in [0.15, 0.2) is 12.3 Å². The normalized spacial score (nSPS) is 17.5. The maximum absolute atomic E-state index is 11.0. The van der Waals surface area contributed by atoms with E-state index in [-0.39, 0.29) is 10.6 Å². The number of hydrogen-bond acceptors (Lipinski definition) is 3. The van der Waals surface area contributed by atoms with Crippen LogP contribution in [-0.2, 0) is 0 Å². The molecule has 1 saturated carbocycles. The Bertz CT molecular complexity index is 443. The summed E-state index contributed by atoms with van der Waals surface area (Å²) in [6, 6.07) is 1.77. The van der Waals surface area contributed by atoms with Gasteiger partial charge in [-0.15, -0.1) is 0 Å². The highest BCUT2D eigenvalue weighted by Crippen LogP contribution is 2.26. The molecular formula is C14H19ClN2O2. The Morgan fingerprint density at radius 1 is 1.26 bits per heavy atom. The van der Waals surface area contributed by atoms with Crippen LogP contribution in [0.4, 0.5) is 5.82 Å². The smallest absolute Gasteiger partial charge is 0.337 e. The molecule has 0 saturated heterocycles. The van der Waals surface area contributed by atoms with Crippen LogP contribution in [0.5, 0.6) is 0 Å². The van der Waals surface area contributed by atoms with E-state index in [1.807, 2.05) is 0 Å². The van der Waals surface area contributed by atoms with E-state index in [0.717, 1.165) is 12.8 Å². The molecule has 104 valence electrons. The van der Waals surface area contributed by atoms with Gasteiger partial charge in [0, 0.05) is 12.2 Å². The highest BCUT2D eigenvalue weighted by molar-refractivity contribution is 6.35. The van der Waals surface area contributed by atoms with Crippen LogP contribution in [0, 0.1) is 0 Å². The fraction of sp³-hybridized carbons (Fsp3) is 0.571. The molecule has 0 atom stereocenters. The molecule has 0 radical (unpaired) electrons. The molecule has 0 spiro atoms. The first-order valence-electron chi connectivity index (χ1n) is 6.83. The van der Waals surface area contributed by atoms with Crippen molar-refractivity contribution >= 4 is 23.4 Å². The molecule has 1 aliphatic carbocycles. The number of carboxylic acids is 1. The average molecular weight is 283 g/mol. The molecule has 2 N–H and O–H groups in total. The van der Waals surface area contributed by atoms with Gasteiger partial charge in [0.25, 0.3) is 0 Å². The molecule has 0 aromatic carbocycles. The molecule has 1 aromatic heterocycles. The van der Waals surface area contributed by atoms with Crippen LogP contribution in [-0.4, -0.2) is 22.1 Å². The predicted molar refractivity (Wildman–Crippen MR) is 75.9 cm³/mol. The zero-order valence-corrected chi connectivity index (χ0v) is 11.6. The Balaban J connectivity index is 2.09. The number of aromatic nitrogens is 1. The molecule has 0 amide bonds. The zero-order valence-electron chi connectivity index (χ0n) is 10.9. The number of nitrogens with zero attached hydrogens (tertiary/aromatic N) is 1. The van der Waals surface area contributed by atoms with E-state index < -0.39 is 5.97 Å². The first-order chi connectivity index (χ1) is 9.18. The molecule has 0 unspecified atom stereocenters. The van der Waals surface area contributed by atoms with Gasteiger partial charge in [0.2, 0.25) is 0 Å². The van der Waals surface area contributed by atoms with Gasteiger partial charge in [-0.05, 0) is 18.9 Å². The minimum atomic E-state index is -1.02. The topological polar surface area (TPSA) is 62.2 Å². The molecule has 4 nitrogen and oxygen atoms in total. The van der Waals surface area contributed by atoms with E-state index in [9.17, 15) is 4.79 Å². The van der Waals surface area contributed by atoms with Gasteiger partial charge in [0.15, 0.2) is 0 Å². The lowest BCUT2D eigenvalue weighted by molar-refractivity contribution is 0.0697. The lowest BCUT2D eigenvalue weighted by atomic mass is 9.97. The Morgan fingerprint density at radius 2 is 1.89 bits per heavy atom. The first-order valence-corrected chi connectivity index (χ1v) is 7.20. The van der Waals surface area contributed by atoms with Crippen molar-refractivity contribution in [2.24, 2.45) is 0 Å². The van der Waals surface area contributed by atoms with Gasteiger partial charge in [0.05, 0.1) is 10.6 Å². The summed E-state index contributed by atoms with van der Waals surface area (Å²) in [5.41, 5.74) is 0.102. The van der Waals surface area contributed by atoms with Gasteiger partial charge < -0.3 is 10.4 Å². The molecule has 2 rings (SSSR count). The third-order valence-corrected chi connectivity index (χ3v) is 3.95. The van der Waals surface area contributed by atoms with Gasteiger partial charge in [-0.2, -0.15) is 0 Å². The summed E-state index contributed by atoms with van der Waals surface area (Å²) in [5, 5.41) is 12.5. The summed E-state index contributed by atoms with van der Waals surface area (Å²) in [4.78, 5) is 15.2. The van der Waals surface area contributed by atoms with Crippen molar-refractivity contribution in [1.29, 1.82) is 0 Å². The van der Waals surface area contributed by atoms with Gasteiger partial charge in [0.1, 0.15) is 5.82 Å². The van der Waals surface area contributed by atoms with E-state index in [0.29, 0.717) is 11.9 Å². The van der Waals surface area contributed by atoms with E-state index >= 15 is 0 Å². The number of halogens is 1. The monoisotopic (exact) mass is 282 g/mol. The lowest BCUT2D eigenvalue weighted by Gasteiger charge is -2.22. The number of hydrogen-bond donors (Lipinski definition) is 2. The highest BCUT2D eigenvalue weighted by atomic mass is 35.5. The molecular weight excluding hydrogens is 264 g/mol. The van der Waals surface area contributed by atoms with Crippen molar-refractivity contribution in [3.8, 4) is 0 Å². The van der Waals surface area contributed by atoms with Crippen LogP contribution in [0.25, 0.3) is 0 Å². The maximum atomic E-state index is 11.0. The Labute approximate surface area is 118 Å². The van der Waals surface area contributed by atoms with E-state index in [1.54, 1.807) is 0 Å². The van der Waals surface area contributed by atoms with E-state index in [1.165, 1.54) is 44.4 Å². The standard InChI is InChI=1S/C14H19ClN2O2/c15-12-11(14(18)19)8-9-16-13(12)17-10-6-4-2-1-3-5-7-10/h8-10H,1-7H2,(H,16,17)(H,18,19). The van der Waals surface area contributed by atoms with Crippen molar-refractivity contribution < 1.29 is 9.90 Å².